The van der Waals surface area contributed by atoms with Crippen LogP contribution in [0.1, 0.15) is 35.2 Å². The van der Waals surface area contributed by atoms with Gasteiger partial charge >= 0.3 is 0 Å². The Morgan fingerprint density at radius 2 is 2.03 bits per heavy atom. The number of carbonyl (C=O) groups excluding carboxylic acids is 2. The van der Waals surface area contributed by atoms with Crippen LogP contribution in [0.25, 0.3) is 10.8 Å². The molecule has 2 aliphatic heterocycles. The summed E-state index contributed by atoms with van der Waals surface area (Å²) in [6.07, 6.45) is 2.12. The van der Waals surface area contributed by atoms with Crippen LogP contribution >= 0.6 is 34.5 Å². The lowest BCUT2D eigenvalue weighted by Crippen LogP contribution is -2.42. The molecule has 0 radical (unpaired) electrons. The van der Waals surface area contributed by atoms with Crippen molar-refractivity contribution in [2.24, 2.45) is 5.92 Å². The molecule has 0 N–H and O–H groups in total. The molecule has 7 nitrogen and oxygen atoms in total. The number of piperidine rings is 1. The normalized spacial score (nSPS) is 18.2. The third kappa shape index (κ3) is 4.93. The van der Waals surface area contributed by atoms with E-state index in [-0.39, 0.29) is 38.2 Å². The van der Waals surface area contributed by atoms with Crippen LogP contribution in [-0.4, -0.2) is 57.8 Å². The molecule has 1 atom stereocenters. The highest BCUT2D eigenvalue weighted by Gasteiger charge is 2.35. The van der Waals surface area contributed by atoms with Crippen LogP contribution in [0.3, 0.4) is 0 Å². The Kier molecular flexibility index (Phi) is 7.64. The number of ketones is 1. The van der Waals surface area contributed by atoms with Gasteiger partial charge in [0.25, 0.3) is 15.9 Å². The van der Waals surface area contributed by atoms with E-state index in [1.54, 1.807) is 12.0 Å². The Morgan fingerprint density at radius 3 is 2.76 bits per heavy atom. The molecule has 1 unspecified atom stereocenters. The summed E-state index contributed by atoms with van der Waals surface area (Å²) >= 11 is 12.9. The number of methoxy groups -OCH3 is 1. The number of rotatable bonds is 9. The lowest BCUT2D eigenvalue weighted by molar-refractivity contribution is -0.123. The Hall–Kier alpha value is -2.01. The third-order valence-corrected chi connectivity index (χ3v) is 11.2. The molecule has 2 aromatic carbocycles. The maximum Gasteiger partial charge on any atom is 0.258 e. The zero-order chi connectivity index (χ0) is 26.3. The average molecular weight is 582 g/mol. The highest BCUT2D eigenvalue weighted by Crippen LogP contribution is 2.40. The Labute approximate surface area is 230 Å². The van der Waals surface area contributed by atoms with Crippen LogP contribution in [0, 0.1) is 5.92 Å². The molecule has 37 heavy (non-hydrogen) atoms. The van der Waals surface area contributed by atoms with E-state index in [0.29, 0.717) is 38.1 Å². The first-order valence-corrected chi connectivity index (χ1v) is 15.1. The number of thiophene rings is 1. The number of Topliss-reactive ketones (excluding diaryl/α,β-unsaturated/α-hetero) is 1. The standard InChI is InChI=1S/C26H26Cl2N2O5S2/c1-35-12-4-11-30-21-9-8-16(18-6-2-7-19(24(18)21)26(30)32)13-22(31)17-5-3-10-29(15-17)37(33,34)23-14-20(27)25(28)36-23/h2,6-9,14,17H,3-5,10-13,15H2,1H3. The summed E-state index contributed by atoms with van der Waals surface area (Å²) in [6, 6.07) is 10.8. The number of halogens is 2. The second-order valence-electron chi connectivity index (χ2n) is 9.31. The van der Waals surface area contributed by atoms with E-state index in [1.165, 1.54) is 10.4 Å². The Morgan fingerprint density at radius 1 is 1.22 bits per heavy atom. The van der Waals surface area contributed by atoms with E-state index in [2.05, 4.69) is 0 Å². The Balaban J connectivity index is 1.36. The molecule has 3 heterocycles. The van der Waals surface area contributed by atoms with E-state index >= 15 is 0 Å². The number of benzene rings is 2. The highest BCUT2D eigenvalue weighted by atomic mass is 35.5. The molecule has 0 aliphatic carbocycles. The van der Waals surface area contributed by atoms with Gasteiger partial charge in [-0.25, -0.2) is 8.42 Å². The minimum absolute atomic E-state index is 0.0101. The smallest absolute Gasteiger partial charge is 0.258 e. The predicted molar refractivity (Wildman–Crippen MR) is 147 cm³/mol. The SMILES string of the molecule is COCCCN1C(=O)c2cccc3c(CC(=O)C4CCCN(S(=O)(=O)c5cc(Cl)c(Cl)s5)C4)ccc1c23. The van der Waals surface area contributed by atoms with Gasteiger partial charge in [0, 0.05) is 56.6 Å². The van der Waals surface area contributed by atoms with Gasteiger partial charge in [0.1, 0.15) is 14.3 Å². The van der Waals surface area contributed by atoms with Crippen molar-refractivity contribution < 1.29 is 22.7 Å². The maximum absolute atomic E-state index is 13.4. The summed E-state index contributed by atoms with van der Waals surface area (Å²) in [5.41, 5.74) is 2.34. The zero-order valence-corrected chi connectivity index (χ0v) is 23.4. The molecule has 196 valence electrons. The van der Waals surface area contributed by atoms with Crippen LogP contribution < -0.4 is 4.90 Å². The number of anilines is 1. The van der Waals surface area contributed by atoms with Crippen LogP contribution in [0.2, 0.25) is 9.36 Å². The zero-order valence-electron chi connectivity index (χ0n) is 20.2. The average Bonchev–Trinajstić information content (AvgIpc) is 3.38. The van der Waals surface area contributed by atoms with Gasteiger partial charge in [-0.05, 0) is 48.4 Å². The van der Waals surface area contributed by atoms with Crippen molar-refractivity contribution in [3.05, 3.63) is 56.9 Å². The van der Waals surface area contributed by atoms with E-state index in [4.69, 9.17) is 27.9 Å². The first kappa shape index (κ1) is 26.6. The molecule has 1 amide bonds. The molecule has 0 bridgehead atoms. The summed E-state index contributed by atoms with van der Waals surface area (Å²) in [5.74, 6) is -0.462. The minimum Gasteiger partial charge on any atom is -0.385 e. The van der Waals surface area contributed by atoms with Crippen molar-refractivity contribution in [3.63, 3.8) is 0 Å². The predicted octanol–water partition coefficient (Wildman–Crippen LogP) is 5.42. The van der Waals surface area contributed by atoms with Gasteiger partial charge in [-0.2, -0.15) is 4.31 Å². The number of hydrogen-bond donors (Lipinski definition) is 0. The van der Waals surface area contributed by atoms with Crippen LogP contribution in [0.4, 0.5) is 5.69 Å². The van der Waals surface area contributed by atoms with Crippen molar-refractivity contribution >= 4 is 72.7 Å². The molecule has 1 fully saturated rings. The molecule has 1 aromatic heterocycles. The molecule has 0 saturated carbocycles. The molecular formula is C26H26Cl2N2O5S2. The van der Waals surface area contributed by atoms with Gasteiger partial charge in [-0.15, -0.1) is 11.3 Å². The number of carbonyl (C=O) groups is 2. The van der Waals surface area contributed by atoms with Gasteiger partial charge < -0.3 is 9.64 Å². The quantitative estimate of drug-likeness (QED) is 0.316. The van der Waals surface area contributed by atoms with Crippen molar-refractivity contribution in [1.82, 2.24) is 4.31 Å². The molecule has 1 saturated heterocycles. The highest BCUT2D eigenvalue weighted by molar-refractivity contribution is 7.91. The second kappa shape index (κ2) is 10.6. The summed E-state index contributed by atoms with van der Waals surface area (Å²) in [4.78, 5) is 28.2. The molecule has 5 rings (SSSR count). The largest absolute Gasteiger partial charge is 0.385 e. The molecule has 0 spiro atoms. The fourth-order valence-electron chi connectivity index (χ4n) is 5.19. The van der Waals surface area contributed by atoms with E-state index < -0.39 is 15.9 Å². The molecule has 11 heteroatoms. The van der Waals surface area contributed by atoms with Crippen LogP contribution in [0.15, 0.2) is 40.6 Å². The molecule has 2 aliphatic rings. The number of amides is 1. The maximum atomic E-state index is 13.4. The number of sulfonamides is 1. The lowest BCUT2D eigenvalue weighted by atomic mass is 9.89. The van der Waals surface area contributed by atoms with E-state index in [0.717, 1.165) is 39.8 Å². The fourth-order valence-corrected chi connectivity index (χ4v) is 8.75. The van der Waals surface area contributed by atoms with Gasteiger partial charge in [-0.1, -0.05) is 41.4 Å². The molecule has 3 aromatic rings. The monoisotopic (exact) mass is 580 g/mol. The lowest BCUT2D eigenvalue weighted by Gasteiger charge is -2.30. The molecular weight excluding hydrogens is 555 g/mol. The van der Waals surface area contributed by atoms with Crippen molar-refractivity contribution in [1.29, 1.82) is 0 Å². The van der Waals surface area contributed by atoms with Crippen LogP contribution in [-0.2, 0) is 26.0 Å². The second-order valence-corrected chi connectivity index (χ2v) is 13.5. The van der Waals surface area contributed by atoms with Gasteiger partial charge in [0.05, 0.1) is 10.7 Å². The first-order valence-electron chi connectivity index (χ1n) is 12.1. The van der Waals surface area contributed by atoms with Crippen molar-refractivity contribution in [2.45, 2.75) is 29.9 Å². The van der Waals surface area contributed by atoms with Gasteiger partial charge in [-0.3, -0.25) is 9.59 Å². The first-order chi connectivity index (χ1) is 17.7. The minimum atomic E-state index is -3.78. The summed E-state index contributed by atoms with van der Waals surface area (Å²) in [6.45, 7) is 1.60. The number of ether oxygens (including phenoxy) is 1. The Bertz CT molecular complexity index is 1470. The topological polar surface area (TPSA) is 84.0 Å². The third-order valence-electron chi connectivity index (χ3n) is 7.03. The van der Waals surface area contributed by atoms with Gasteiger partial charge in [0.15, 0.2) is 0 Å². The van der Waals surface area contributed by atoms with Crippen molar-refractivity contribution in [2.75, 3.05) is 38.3 Å². The summed E-state index contributed by atoms with van der Waals surface area (Å²) in [5, 5.41) is 1.96. The summed E-state index contributed by atoms with van der Waals surface area (Å²) in [7, 11) is -2.15. The number of hydrogen-bond acceptors (Lipinski definition) is 6. The number of nitrogens with zero attached hydrogens (tertiary/aromatic N) is 2. The van der Waals surface area contributed by atoms with E-state index in [1.807, 2.05) is 30.3 Å². The summed E-state index contributed by atoms with van der Waals surface area (Å²) < 4.78 is 33.1. The van der Waals surface area contributed by atoms with Gasteiger partial charge in [0.2, 0.25) is 0 Å². The van der Waals surface area contributed by atoms with Crippen LogP contribution in [0.5, 0.6) is 0 Å². The fraction of sp³-hybridized carbons (Fsp3) is 0.385. The van der Waals surface area contributed by atoms with Crippen molar-refractivity contribution in [3.8, 4) is 0 Å². The van der Waals surface area contributed by atoms with E-state index in [9.17, 15) is 18.0 Å².